The zero-order chi connectivity index (χ0) is 19.5. The van der Waals surface area contributed by atoms with Crippen LogP contribution in [0, 0.1) is 5.82 Å². The summed E-state index contributed by atoms with van der Waals surface area (Å²) >= 11 is 2.92. The third-order valence-corrected chi connectivity index (χ3v) is 5.76. The Kier molecular flexibility index (Phi) is 5.27. The summed E-state index contributed by atoms with van der Waals surface area (Å²) in [5.74, 6) is -0.888. The summed E-state index contributed by atoms with van der Waals surface area (Å²) < 4.78 is 13.0. The number of amides is 2. The molecule has 2 aromatic heterocycles. The number of thiazole rings is 1. The average molecular weight is 414 g/mol. The van der Waals surface area contributed by atoms with Gasteiger partial charge in [-0.2, -0.15) is 5.10 Å². The van der Waals surface area contributed by atoms with Crippen LogP contribution in [0.5, 0.6) is 0 Å². The summed E-state index contributed by atoms with van der Waals surface area (Å²) in [4.78, 5) is 30.1. The lowest BCUT2D eigenvalue weighted by Crippen LogP contribution is -2.36. The highest BCUT2D eigenvalue weighted by molar-refractivity contribution is 7.16. The molecule has 3 aromatic rings. The van der Waals surface area contributed by atoms with Crippen LogP contribution in [0.25, 0.3) is 10.6 Å². The minimum Gasteiger partial charge on any atom is -0.297 e. The molecule has 6 nitrogen and oxygen atoms in total. The number of aromatic nitrogens is 1. The molecule has 28 heavy (non-hydrogen) atoms. The zero-order valence-corrected chi connectivity index (χ0v) is 16.2. The van der Waals surface area contributed by atoms with Crippen molar-refractivity contribution in [2.45, 2.75) is 19.4 Å². The molecular weight excluding hydrogens is 399 g/mol. The highest BCUT2D eigenvalue weighted by Crippen LogP contribution is 2.28. The molecule has 1 aliphatic rings. The number of rotatable bonds is 5. The average Bonchev–Trinajstić information content (AvgIpc) is 3.37. The Balaban J connectivity index is 1.45. The Morgan fingerprint density at radius 2 is 2.00 bits per heavy atom. The van der Waals surface area contributed by atoms with Crippen molar-refractivity contribution in [3.8, 4) is 10.6 Å². The molecule has 0 radical (unpaired) electrons. The maximum Gasteiger partial charge on any atom is 0.273 e. The van der Waals surface area contributed by atoms with Crippen molar-refractivity contribution in [2.75, 3.05) is 5.32 Å². The first kappa shape index (κ1) is 18.5. The molecule has 0 spiro atoms. The van der Waals surface area contributed by atoms with Gasteiger partial charge in [-0.05, 0) is 29.1 Å². The third kappa shape index (κ3) is 4.15. The summed E-state index contributed by atoms with van der Waals surface area (Å²) in [6, 6.07) is 9.75. The van der Waals surface area contributed by atoms with Gasteiger partial charge in [-0.25, -0.2) is 14.4 Å². The van der Waals surface area contributed by atoms with Gasteiger partial charge < -0.3 is 0 Å². The molecule has 0 fully saturated rings. The van der Waals surface area contributed by atoms with E-state index in [4.69, 9.17) is 0 Å². The van der Waals surface area contributed by atoms with Crippen molar-refractivity contribution in [2.24, 2.45) is 5.10 Å². The summed E-state index contributed by atoms with van der Waals surface area (Å²) in [6.07, 6.45) is 0.472. The quantitative estimate of drug-likeness (QED) is 0.682. The largest absolute Gasteiger partial charge is 0.297 e. The van der Waals surface area contributed by atoms with Crippen molar-refractivity contribution in [1.82, 2.24) is 9.99 Å². The number of nitrogens with one attached hydrogen (secondary N) is 1. The monoisotopic (exact) mass is 414 g/mol. The number of anilines is 1. The minimum absolute atomic E-state index is 0.171. The highest BCUT2D eigenvalue weighted by Gasteiger charge is 2.25. The maximum atomic E-state index is 13.0. The fraction of sp³-hybridized carbons (Fsp3) is 0.158. The van der Waals surface area contributed by atoms with Gasteiger partial charge >= 0.3 is 0 Å². The van der Waals surface area contributed by atoms with E-state index in [9.17, 15) is 14.0 Å². The van der Waals surface area contributed by atoms with E-state index in [0.29, 0.717) is 5.13 Å². The van der Waals surface area contributed by atoms with E-state index >= 15 is 0 Å². The van der Waals surface area contributed by atoms with Crippen LogP contribution in [0.1, 0.15) is 18.4 Å². The summed E-state index contributed by atoms with van der Waals surface area (Å²) in [7, 11) is 0. The van der Waals surface area contributed by atoms with Gasteiger partial charge in [0.25, 0.3) is 5.91 Å². The van der Waals surface area contributed by atoms with Crippen molar-refractivity contribution >= 4 is 45.3 Å². The molecule has 0 unspecified atom stereocenters. The van der Waals surface area contributed by atoms with Gasteiger partial charge in [0.05, 0.1) is 17.1 Å². The minimum atomic E-state index is -0.372. The number of hydrogen-bond donors (Lipinski definition) is 1. The van der Waals surface area contributed by atoms with Gasteiger partial charge in [0.1, 0.15) is 11.5 Å². The van der Waals surface area contributed by atoms with Crippen molar-refractivity contribution < 1.29 is 14.0 Å². The third-order valence-electron chi connectivity index (χ3n) is 4.11. The van der Waals surface area contributed by atoms with Crippen LogP contribution in [-0.2, 0) is 16.1 Å². The summed E-state index contributed by atoms with van der Waals surface area (Å²) in [6.45, 7) is 0.190. The molecule has 0 bridgehead atoms. The van der Waals surface area contributed by atoms with E-state index in [1.165, 1.54) is 28.5 Å². The first-order valence-corrected chi connectivity index (χ1v) is 10.3. The first-order chi connectivity index (χ1) is 13.6. The predicted octanol–water partition coefficient (Wildman–Crippen LogP) is 4.13. The molecule has 1 N–H and O–H groups in total. The second-order valence-corrected chi connectivity index (χ2v) is 7.90. The van der Waals surface area contributed by atoms with Gasteiger partial charge in [0, 0.05) is 18.2 Å². The summed E-state index contributed by atoms with van der Waals surface area (Å²) in [5.41, 5.74) is 1.82. The number of benzene rings is 1. The number of hydrogen-bond acceptors (Lipinski definition) is 6. The predicted molar refractivity (Wildman–Crippen MR) is 108 cm³/mol. The van der Waals surface area contributed by atoms with Crippen molar-refractivity contribution in [3.63, 3.8) is 0 Å². The lowest BCUT2D eigenvalue weighted by atomic mass is 10.1. The SMILES string of the molecule is O=C(Nc1nc(-c2cccs2)cs1)C1=NN(Cc2ccc(F)cc2)C(=O)CC1. The Bertz CT molecular complexity index is 1030. The van der Waals surface area contributed by atoms with Gasteiger partial charge in [-0.1, -0.05) is 18.2 Å². The number of carbonyl (C=O) groups is 2. The van der Waals surface area contributed by atoms with Crippen LogP contribution in [-0.4, -0.2) is 27.5 Å². The fourth-order valence-corrected chi connectivity index (χ4v) is 4.16. The summed E-state index contributed by atoms with van der Waals surface area (Å²) in [5, 5.41) is 12.6. The number of carbonyl (C=O) groups excluding carboxylic acids is 2. The molecule has 1 aliphatic heterocycles. The molecule has 0 atom stereocenters. The molecule has 0 saturated heterocycles. The number of hydrazone groups is 1. The van der Waals surface area contributed by atoms with E-state index in [1.807, 2.05) is 22.9 Å². The molecule has 142 valence electrons. The Morgan fingerprint density at radius 3 is 2.75 bits per heavy atom. The second kappa shape index (κ2) is 7.99. The number of nitrogens with zero attached hydrogens (tertiary/aromatic N) is 3. The van der Waals surface area contributed by atoms with Crippen LogP contribution in [0.4, 0.5) is 9.52 Å². The molecule has 1 aromatic carbocycles. The van der Waals surface area contributed by atoms with Crippen LogP contribution in [0.2, 0.25) is 0 Å². The van der Waals surface area contributed by atoms with Crippen molar-refractivity contribution in [1.29, 1.82) is 0 Å². The molecule has 4 rings (SSSR count). The van der Waals surface area contributed by atoms with Crippen LogP contribution in [0.15, 0.2) is 52.3 Å². The van der Waals surface area contributed by atoms with Crippen LogP contribution < -0.4 is 5.32 Å². The van der Waals surface area contributed by atoms with Crippen molar-refractivity contribution in [3.05, 3.63) is 58.5 Å². The first-order valence-electron chi connectivity index (χ1n) is 8.51. The van der Waals surface area contributed by atoms with E-state index in [2.05, 4.69) is 15.4 Å². The number of halogens is 1. The standard InChI is InChI=1S/C19H15FN4O2S2/c20-13-5-3-12(4-6-13)10-24-17(25)8-7-14(23-24)18(26)22-19-21-15(11-28-19)16-2-1-9-27-16/h1-6,9,11H,7-8,10H2,(H,21,22,26). The van der Waals surface area contributed by atoms with E-state index < -0.39 is 0 Å². The maximum absolute atomic E-state index is 13.0. The lowest BCUT2D eigenvalue weighted by Gasteiger charge is -2.23. The van der Waals surface area contributed by atoms with Gasteiger partial charge in [0.15, 0.2) is 5.13 Å². The smallest absolute Gasteiger partial charge is 0.273 e. The highest BCUT2D eigenvalue weighted by atomic mass is 32.1. The topological polar surface area (TPSA) is 74.7 Å². The molecule has 0 saturated carbocycles. The Hall–Kier alpha value is -2.91. The van der Waals surface area contributed by atoms with Gasteiger partial charge in [-0.3, -0.25) is 14.9 Å². The Morgan fingerprint density at radius 1 is 1.18 bits per heavy atom. The van der Waals surface area contributed by atoms with Gasteiger partial charge in [0.2, 0.25) is 5.91 Å². The Labute approximate surface area is 168 Å². The molecule has 2 amide bonds. The van der Waals surface area contributed by atoms with E-state index in [0.717, 1.165) is 16.1 Å². The number of thiophene rings is 1. The molecular formula is C19H15FN4O2S2. The molecule has 9 heteroatoms. The normalized spacial score (nSPS) is 14.1. The van der Waals surface area contributed by atoms with Gasteiger partial charge in [-0.15, -0.1) is 22.7 Å². The second-order valence-electron chi connectivity index (χ2n) is 6.09. The van der Waals surface area contributed by atoms with Crippen LogP contribution >= 0.6 is 22.7 Å². The lowest BCUT2D eigenvalue weighted by molar-refractivity contribution is -0.132. The van der Waals surface area contributed by atoms with E-state index in [-0.39, 0.29) is 42.7 Å². The van der Waals surface area contributed by atoms with Crippen LogP contribution in [0.3, 0.4) is 0 Å². The van der Waals surface area contributed by atoms with E-state index in [1.54, 1.807) is 23.5 Å². The fourth-order valence-electron chi connectivity index (χ4n) is 2.69. The molecule has 3 heterocycles. The molecule has 0 aliphatic carbocycles. The zero-order valence-electron chi connectivity index (χ0n) is 14.6.